The molecule has 1 saturated heterocycles. The molecule has 1 aromatic carbocycles. The van der Waals surface area contributed by atoms with Crippen molar-refractivity contribution in [2.24, 2.45) is 17.3 Å². The van der Waals surface area contributed by atoms with Gasteiger partial charge in [-0.15, -0.1) is 0 Å². The molecule has 2 unspecified atom stereocenters. The van der Waals surface area contributed by atoms with E-state index in [2.05, 4.69) is 30.1 Å². The number of nitrogens with zero attached hydrogens (tertiary/aromatic N) is 2. The minimum Gasteiger partial charge on any atom is -0.497 e. The number of methoxy groups -OCH3 is 1. The fraction of sp³-hybridized carbons (Fsp3) is 0.625. The molecule has 1 heterocycles. The first-order valence-corrected chi connectivity index (χ1v) is 11.2. The van der Waals surface area contributed by atoms with Gasteiger partial charge in [0.2, 0.25) is 0 Å². The number of benzene rings is 1. The first-order chi connectivity index (χ1) is 14.5. The number of allylic oxidation sites excluding steroid dienone is 1. The zero-order chi connectivity index (χ0) is 21.1. The first-order valence-electron chi connectivity index (χ1n) is 11.2. The maximum atomic E-state index is 13.2. The van der Waals surface area contributed by atoms with Crippen molar-refractivity contribution in [3.05, 3.63) is 35.9 Å². The Kier molecular flexibility index (Phi) is 6.34. The second-order valence-corrected chi connectivity index (χ2v) is 9.36. The van der Waals surface area contributed by atoms with E-state index in [-0.39, 0.29) is 6.03 Å². The van der Waals surface area contributed by atoms with E-state index in [1.54, 1.807) is 7.11 Å². The van der Waals surface area contributed by atoms with Crippen molar-refractivity contribution in [2.75, 3.05) is 58.4 Å². The lowest BCUT2D eigenvalue weighted by atomic mass is 9.49. The third-order valence-electron chi connectivity index (χ3n) is 7.37. The Morgan fingerprint density at radius 1 is 1.27 bits per heavy atom. The number of carbonyl (C=O) groups is 1. The molecule has 6 nitrogen and oxygen atoms in total. The van der Waals surface area contributed by atoms with Gasteiger partial charge in [0.25, 0.3) is 0 Å². The summed E-state index contributed by atoms with van der Waals surface area (Å²) >= 11 is 0. The van der Waals surface area contributed by atoms with Crippen LogP contribution in [-0.4, -0.2) is 68.9 Å². The molecule has 1 saturated carbocycles. The van der Waals surface area contributed by atoms with Crippen LogP contribution < -0.4 is 10.1 Å². The van der Waals surface area contributed by atoms with E-state index < -0.39 is 0 Å². The average Bonchev–Trinajstić information content (AvgIpc) is 2.77. The topological polar surface area (TPSA) is 54.0 Å². The van der Waals surface area contributed by atoms with Gasteiger partial charge in [-0.2, -0.15) is 0 Å². The molecule has 5 rings (SSSR count). The van der Waals surface area contributed by atoms with Gasteiger partial charge in [0.05, 0.1) is 20.3 Å². The number of hydrogen-bond donors (Lipinski definition) is 1. The van der Waals surface area contributed by atoms with Gasteiger partial charge in [-0.25, -0.2) is 4.79 Å². The van der Waals surface area contributed by atoms with Crippen LogP contribution >= 0.6 is 0 Å². The Morgan fingerprint density at radius 3 is 2.63 bits per heavy atom. The Balaban J connectivity index is 1.43. The number of ether oxygens (including phenoxy) is 2. The highest BCUT2D eigenvalue weighted by Gasteiger charge is 2.51. The fourth-order valence-corrected chi connectivity index (χ4v) is 5.09. The molecule has 6 heteroatoms. The second-order valence-electron chi connectivity index (χ2n) is 9.36. The smallest absolute Gasteiger partial charge is 0.322 e. The van der Waals surface area contributed by atoms with Crippen molar-refractivity contribution in [2.45, 2.75) is 26.7 Å². The lowest BCUT2D eigenvalue weighted by Crippen LogP contribution is -2.51. The van der Waals surface area contributed by atoms with Gasteiger partial charge in [0, 0.05) is 38.4 Å². The number of nitrogens with one attached hydrogen (secondary N) is 1. The lowest BCUT2D eigenvalue weighted by Gasteiger charge is -2.57. The third-order valence-corrected chi connectivity index (χ3v) is 7.37. The van der Waals surface area contributed by atoms with Crippen molar-refractivity contribution in [1.82, 2.24) is 9.80 Å². The van der Waals surface area contributed by atoms with Gasteiger partial charge < -0.3 is 19.7 Å². The first kappa shape index (κ1) is 21.2. The van der Waals surface area contributed by atoms with Crippen molar-refractivity contribution in [3.63, 3.8) is 0 Å². The highest BCUT2D eigenvalue weighted by atomic mass is 16.5. The Morgan fingerprint density at radius 2 is 2.00 bits per heavy atom. The predicted molar refractivity (Wildman–Crippen MR) is 119 cm³/mol. The summed E-state index contributed by atoms with van der Waals surface area (Å²) in [5.41, 5.74) is 2.60. The highest BCUT2D eigenvalue weighted by molar-refractivity contribution is 5.89. The predicted octanol–water partition coefficient (Wildman–Crippen LogP) is 3.85. The van der Waals surface area contributed by atoms with Gasteiger partial charge in [-0.1, -0.05) is 25.5 Å². The fourth-order valence-electron chi connectivity index (χ4n) is 5.09. The number of amides is 2. The molecule has 2 bridgehead atoms. The standard InChI is InChI=1S/C24H35N3O3/c1-24(2)19-5-4-18(22(24)16-19)17-27(11-10-26-12-14-30-15-13-26)23(28)25-20-6-8-21(29-3)9-7-20/h4,6-9,19,22H,5,10-17H2,1-3H3,(H,25,28). The van der Waals surface area contributed by atoms with Gasteiger partial charge in [-0.05, 0) is 54.4 Å². The molecule has 1 aliphatic heterocycles. The molecule has 0 aromatic heterocycles. The molecule has 0 radical (unpaired) electrons. The van der Waals surface area contributed by atoms with Crippen LogP contribution in [0.3, 0.4) is 0 Å². The van der Waals surface area contributed by atoms with Gasteiger partial charge in [0.15, 0.2) is 0 Å². The molecular formula is C24H35N3O3. The van der Waals surface area contributed by atoms with E-state index in [0.29, 0.717) is 17.9 Å². The minimum atomic E-state index is -0.0337. The molecule has 1 N–H and O–H groups in total. The Hall–Kier alpha value is -2.05. The number of hydrogen-bond acceptors (Lipinski definition) is 4. The lowest BCUT2D eigenvalue weighted by molar-refractivity contribution is -0.00999. The summed E-state index contributed by atoms with van der Waals surface area (Å²) in [5, 5.41) is 3.08. The minimum absolute atomic E-state index is 0.0337. The van der Waals surface area contributed by atoms with Gasteiger partial charge in [-0.3, -0.25) is 4.90 Å². The van der Waals surface area contributed by atoms with Crippen LogP contribution in [0.15, 0.2) is 35.9 Å². The molecule has 164 valence electrons. The molecule has 3 aliphatic carbocycles. The largest absolute Gasteiger partial charge is 0.497 e. The number of anilines is 1. The Bertz CT molecular complexity index is 768. The number of carbonyl (C=O) groups excluding carboxylic acids is 1. The van der Waals surface area contributed by atoms with E-state index in [1.165, 1.54) is 12.0 Å². The average molecular weight is 414 g/mol. The molecule has 2 amide bonds. The SMILES string of the molecule is COc1ccc(NC(=O)N(CCN2CCOCC2)CC2=CCC3CC2C3(C)C)cc1. The van der Waals surface area contributed by atoms with E-state index >= 15 is 0 Å². The van der Waals surface area contributed by atoms with E-state index in [4.69, 9.17) is 9.47 Å². The third kappa shape index (κ3) is 4.49. The van der Waals surface area contributed by atoms with Crippen LogP contribution in [0, 0.1) is 17.3 Å². The van der Waals surface area contributed by atoms with Gasteiger partial charge in [0.1, 0.15) is 5.75 Å². The van der Waals surface area contributed by atoms with E-state index in [9.17, 15) is 4.79 Å². The summed E-state index contributed by atoms with van der Waals surface area (Å²) in [6, 6.07) is 7.48. The monoisotopic (exact) mass is 413 g/mol. The summed E-state index contributed by atoms with van der Waals surface area (Å²) in [7, 11) is 1.64. The number of urea groups is 1. The summed E-state index contributed by atoms with van der Waals surface area (Å²) in [5.74, 6) is 2.20. The van der Waals surface area contributed by atoms with Crippen molar-refractivity contribution >= 4 is 11.7 Å². The highest BCUT2D eigenvalue weighted by Crippen LogP contribution is 2.59. The number of rotatable bonds is 7. The second kappa shape index (κ2) is 8.98. The van der Waals surface area contributed by atoms with Crippen LogP contribution in [0.1, 0.15) is 26.7 Å². The number of morpholine rings is 1. The van der Waals surface area contributed by atoms with Crippen molar-refractivity contribution in [3.8, 4) is 5.75 Å². The summed E-state index contributed by atoms with van der Waals surface area (Å²) in [4.78, 5) is 17.6. The molecule has 0 spiro atoms. The molecule has 2 atom stereocenters. The quantitative estimate of drug-likeness (QED) is 0.690. The van der Waals surface area contributed by atoms with Crippen molar-refractivity contribution < 1.29 is 14.3 Å². The van der Waals surface area contributed by atoms with Crippen molar-refractivity contribution in [1.29, 1.82) is 0 Å². The normalized spacial score (nSPS) is 25.1. The van der Waals surface area contributed by atoms with E-state index in [0.717, 1.165) is 63.2 Å². The van der Waals surface area contributed by atoms with Gasteiger partial charge >= 0.3 is 6.03 Å². The van der Waals surface area contributed by atoms with Crippen LogP contribution in [0.5, 0.6) is 5.75 Å². The molecule has 2 fully saturated rings. The molecule has 1 aromatic rings. The number of fused-ring (bicyclic) bond motifs is 1. The zero-order valence-electron chi connectivity index (χ0n) is 18.5. The van der Waals surface area contributed by atoms with E-state index in [1.807, 2.05) is 29.2 Å². The maximum Gasteiger partial charge on any atom is 0.322 e. The zero-order valence-corrected chi connectivity index (χ0v) is 18.5. The molecule has 30 heavy (non-hydrogen) atoms. The summed E-state index contributed by atoms with van der Waals surface area (Å²) in [6.07, 6.45) is 4.82. The van der Waals surface area contributed by atoms with Crippen LogP contribution in [0.2, 0.25) is 0 Å². The van der Waals surface area contributed by atoms with Crippen LogP contribution in [0.4, 0.5) is 10.5 Å². The maximum absolute atomic E-state index is 13.2. The van der Waals surface area contributed by atoms with Crippen LogP contribution in [0.25, 0.3) is 0 Å². The molecular weight excluding hydrogens is 378 g/mol. The Labute approximate surface area is 180 Å². The molecule has 4 aliphatic rings. The summed E-state index contributed by atoms with van der Waals surface area (Å²) in [6.45, 7) is 10.5. The summed E-state index contributed by atoms with van der Waals surface area (Å²) < 4.78 is 10.7. The van der Waals surface area contributed by atoms with Crippen LogP contribution in [-0.2, 0) is 4.74 Å².